The molecule has 0 aliphatic carbocycles. The highest BCUT2D eigenvalue weighted by atomic mass is 19.4. The highest BCUT2D eigenvalue weighted by Gasteiger charge is 2.42. The number of nitrogens with two attached hydrogens (primary N) is 1. The SMILES string of the molecule is COc1cccc(N2CCCC(C(F)(F)F)C2)c1[C@@H](C)N. The first-order chi connectivity index (χ1) is 9.84. The minimum Gasteiger partial charge on any atom is -0.496 e. The molecule has 0 spiro atoms. The summed E-state index contributed by atoms with van der Waals surface area (Å²) in [6.45, 7) is 2.41. The minimum absolute atomic E-state index is 0.0175. The van der Waals surface area contributed by atoms with Gasteiger partial charge in [-0.2, -0.15) is 13.2 Å². The molecule has 0 aromatic heterocycles. The summed E-state index contributed by atoms with van der Waals surface area (Å²) in [7, 11) is 1.54. The highest BCUT2D eigenvalue weighted by Crippen LogP contribution is 2.39. The number of halogens is 3. The van der Waals surface area contributed by atoms with E-state index in [2.05, 4.69) is 0 Å². The van der Waals surface area contributed by atoms with Crippen molar-refractivity contribution in [3.63, 3.8) is 0 Å². The van der Waals surface area contributed by atoms with E-state index >= 15 is 0 Å². The van der Waals surface area contributed by atoms with Gasteiger partial charge in [0.15, 0.2) is 0 Å². The van der Waals surface area contributed by atoms with Crippen LogP contribution in [0.5, 0.6) is 5.75 Å². The fourth-order valence-corrected chi connectivity index (χ4v) is 2.91. The molecule has 3 nitrogen and oxygen atoms in total. The molecular formula is C15H21F3N2O. The zero-order chi connectivity index (χ0) is 15.6. The van der Waals surface area contributed by atoms with Crippen LogP contribution in [0, 0.1) is 5.92 Å². The van der Waals surface area contributed by atoms with Crippen molar-refractivity contribution in [1.82, 2.24) is 0 Å². The predicted molar refractivity (Wildman–Crippen MR) is 76.6 cm³/mol. The van der Waals surface area contributed by atoms with Crippen LogP contribution in [0.2, 0.25) is 0 Å². The molecule has 1 aliphatic rings. The van der Waals surface area contributed by atoms with Gasteiger partial charge in [0, 0.05) is 30.4 Å². The number of hydrogen-bond donors (Lipinski definition) is 1. The molecule has 2 N–H and O–H groups in total. The second-order valence-corrected chi connectivity index (χ2v) is 5.51. The first-order valence-electron chi connectivity index (χ1n) is 7.08. The van der Waals surface area contributed by atoms with Crippen LogP contribution in [0.15, 0.2) is 18.2 Å². The van der Waals surface area contributed by atoms with E-state index in [1.54, 1.807) is 24.1 Å². The van der Waals surface area contributed by atoms with Gasteiger partial charge in [0.2, 0.25) is 0 Å². The van der Waals surface area contributed by atoms with Crippen molar-refractivity contribution in [3.05, 3.63) is 23.8 Å². The first-order valence-corrected chi connectivity index (χ1v) is 7.08. The van der Waals surface area contributed by atoms with E-state index in [9.17, 15) is 13.2 Å². The lowest BCUT2D eigenvalue weighted by Gasteiger charge is -2.37. The number of ether oxygens (including phenoxy) is 1. The van der Waals surface area contributed by atoms with Crippen LogP contribution in [0.25, 0.3) is 0 Å². The zero-order valence-electron chi connectivity index (χ0n) is 12.3. The van der Waals surface area contributed by atoms with Crippen LogP contribution in [-0.2, 0) is 0 Å². The van der Waals surface area contributed by atoms with E-state index in [1.165, 1.54) is 0 Å². The van der Waals surface area contributed by atoms with Crippen molar-refractivity contribution >= 4 is 5.69 Å². The summed E-state index contributed by atoms with van der Waals surface area (Å²) in [6.07, 6.45) is -3.43. The maximum Gasteiger partial charge on any atom is 0.393 e. The molecule has 0 amide bonds. The normalized spacial score (nSPS) is 21.2. The molecule has 21 heavy (non-hydrogen) atoms. The molecular weight excluding hydrogens is 281 g/mol. The average molecular weight is 302 g/mol. The van der Waals surface area contributed by atoms with E-state index in [0.717, 1.165) is 11.3 Å². The summed E-state index contributed by atoms with van der Waals surface area (Å²) in [5, 5.41) is 0. The summed E-state index contributed by atoms with van der Waals surface area (Å²) < 4.78 is 44.2. The lowest BCUT2D eigenvalue weighted by molar-refractivity contribution is -0.176. The van der Waals surface area contributed by atoms with Gasteiger partial charge in [-0.25, -0.2) is 0 Å². The Labute approximate surface area is 122 Å². The second kappa shape index (κ2) is 6.13. The largest absolute Gasteiger partial charge is 0.496 e. The Balaban J connectivity index is 2.33. The minimum atomic E-state index is -4.15. The third-order valence-corrected chi connectivity index (χ3v) is 3.94. The Morgan fingerprint density at radius 1 is 1.38 bits per heavy atom. The average Bonchev–Trinajstić information content (AvgIpc) is 2.45. The molecule has 118 valence electrons. The Bertz CT molecular complexity index is 488. The van der Waals surface area contributed by atoms with Gasteiger partial charge in [0.1, 0.15) is 5.75 Å². The summed E-state index contributed by atoms with van der Waals surface area (Å²) in [5.41, 5.74) is 7.50. The number of nitrogens with zero attached hydrogens (tertiary/aromatic N) is 1. The Kier molecular flexibility index (Phi) is 4.66. The molecule has 1 aliphatic heterocycles. The number of anilines is 1. The molecule has 2 atom stereocenters. The van der Waals surface area contributed by atoms with E-state index in [-0.39, 0.29) is 19.0 Å². The standard InChI is InChI=1S/C15H21F3N2O/c1-10(19)14-12(6-3-7-13(14)21-2)20-8-4-5-11(9-20)15(16,17)18/h3,6-7,10-11H,4-5,8-9,19H2,1-2H3/t10-,11?/m1/s1. The third kappa shape index (κ3) is 3.43. The third-order valence-electron chi connectivity index (χ3n) is 3.94. The lowest BCUT2D eigenvalue weighted by Crippen LogP contribution is -2.42. The molecule has 1 heterocycles. The molecule has 1 fully saturated rings. The summed E-state index contributed by atoms with van der Waals surface area (Å²) >= 11 is 0. The first kappa shape index (κ1) is 15.9. The number of benzene rings is 1. The van der Waals surface area contributed by atoms with Crippen molar-refractivity contribution in [1.29, 1.82) is 0 Å². The van der Waals surface area contributed by atoms with Gasteiger partial charge in [-0.3, -0.25) is 0 Å². The van der Waals surface area contributed by atoms with Gasteiger partial charge < -0.3 is 15.4 Å². The smallest absolute Gasteiger partial charge is 0.393 e. The summed E-state index contributed by atoms with van der Waals surface area (Å²) in [6, 6.07) is 5.09. The number of piperidine rings is 1. The molecule has 2 rings (SSSR count). The van der Waals surface area contributed by atoms with Gasteiger partial charge in [0.25, 0.3) is 0 Å². The molecule has 1 saturated heterocycles. The quantitative estimate of drug-likeness (QED) is 0.929. The second-order valence-electron chi connectivity index (χ2n) is 5.51. The summed E-state index contributed by atoms with van der Waals surface area (Å²) in [5.74, 6) is -0.657. The van der Waals surface area contributed by atoms with Crippen molar-refractivity contribution in [3.8, 4) is 5.75 Å². The van der Waals surface area contributed by atoms with Crippen molar-refractivity contribution in [2.75, 3.05) is 25.1 Å². The van der Waals surface area contributed by atoms with Crippen LogP contribution in [-0.4, -0.2) is 26.4 Å². The van der Waals surface area contributed by atoms with E-state index in [4.69, 9.17) is 10.5 Å². The number of alkyl halides is 3. The van der Waals surface area contributed by atoms with E-state index < -0.39 is 12.1 Å². The monoisotopic (exact) mass is 302 g/mol. The van der Waals surface area contributed by atoms with Crippen LogP contribution in [0.3, 0.4) is 0 Å². The molecule has 1 unspecified atom stereocenters. The fourth-order valence-electron chi connectivity index (χ4n) is 2.91. The zero-order valence-corrected chi connectivity index (χ0v) is 12.3. The van der Waals surface area contributed by atoms with E-state index in [0.29, 0.717) is 18.7 Å². The topological polar surface area (TPSA) is 38.5 Å². The summed E-state index contributed by atoms with van der Waals surface area (Å²) in [4.78, 5) is 1.78. The van der Waals surface area contributed by atoms with E-state index in [1.807, 2.05) is 13.0 Å². The molecule has 1 aromatic rings. The number of rotatable bonds is 3. The van der Waals surface area contributed by atoms with Crippen LogP contribution in [0.1, 0.15) is 31.4 Å². The Morgan fingerprint density at radius 3 is 2.67 bits per heavy atom. The van der Waals surface area contributed by atoms with Gasteiger partial charge in [-0.1, -0.05) is 6.07 Å². The molecule has 0 saturated carbocycles. The van der Waals surface area contributed by atoms with Crippen molar-refractivity contribution in [2.45, 2.75) is 32.0 Å². The number of hydrogen-bond acceptors (Lipinski definition) is 3. The molecule has 0 radical (unpaired) electrons. The van der Waals surface area contributed by atoms with Crippen molar-refractivity contribution in [2.24, 2.45) is 11.7 Å². The van der Waals surface area contributed by atoms with Gasteiger partial charge in [-0.05, 0) is 31.9 Å². The van der Waals surface area contributed by atoms with Crippen molar-refractivity contribution < 1.29 is 17.9 Å². The van der Waals surface area contributed by atoms with Crippen LogP contribution >= 0.6 is 0 Å². The van der Waals surface area contributed by atoms with Crippen LogP contribution < -0.4 is 15.4 Å². The predicted octanol–water partition coefficient (Wildman–Crippen LogP) is 3.49. The van der Waals surface area contributed by atoms with Gasteiger partial charge in [0.05, 0.1) is 13.0 Å². The van der Waals surface area contributed by atoms with Gasteiger partial charge >= 0.3 is 6.18 Å². The lowest BCUT2D eigenvalue weighted by atomic mass is 9.95. The fraction of sp³-hybridized carbons (Fsp3) is 0.600. The highest BCUT2D eigenvalue weighted by molar-refractivity contribution is 5.61. The maximum absolute atomic E-state index is 13.0. The van der Waals surface area contributed by atoms with Gasteiger partial charge in [-0.15, -0.1) is 0 Å². The molecule has 0 bridgehead atoms. The van der Waals surface area contributed by atoms with Crippen LogP contribution in [0.4, 0.5) is 18.9 Å². The Morgan fingerprint density at radius 2 is 2.10 bits per heavy atom. The Hall–Kier alpha value is -1.43. The number of methoxy groups -OCH3 is 1. The molecule has 6 heteroatoms. The maximum atomic E-state index is 13.0. The molecule has 1 aromatic carbocycles.